The molecule has 2 amide bonds. The Morgan fingerprint density at radius 1 is 1.07 bits per heavy atom. The lowest BCUT2D eigenvalue weighted by atomic mass is 10.2. The fraction of sp³-hybridized carbons (Fsp3) is 0.273. The molecule has 0 spiro atoms. The fourth-order valence-corrected chi connectivity index (χ4v) is 3.33. The minimum absolute atomic E-state index is 0.114. The van der Waals surface area contributed by atoms with E-state index in [0.717, 1.165) is 28.6 Å². The summed E-state index contributed by atoms with van der Waals surface area (Å²) in [5, 5.41) is 0.898. The zero-order valence-electron chi connectivity index (χ0n) is 16.3. The molecular formula is C22H21N3O4. The molecular weight excluding hydrogens is 370 g/mol. The van der Waals surface area contributed by atoms with Crippen molar-refractivity contribution in [2.45, 2.75) is 33.1 Å². The fourth-order valence-electron chi connectivity index (χ4n) is 3.33. The predicted octanol–water partition coefficient (Wildman–Crippen LogP) is 4.17. The third-order valence-electron chi connectivity index (χ3n) is 4.90. The summed E-state index contributed by atoms with van der Waals surface area (Å²) in [6, 6.07) is 10.6. The number of nitrogens with zero attached hydrogens (tertiary/aromatic N) is 3. The highest BCUT2D eigenvalue weighted by molar-refractivity contribution is 6.12. The second-order valence-electron chi connectivity index (χ2n) is 7.27. The molecule has 7 nitrogen and oxygen atoms in total. The van der Waals surface area contributed by atoms with Crippen molar-refractivity contribution in [1.82, 2.24) is 9.55 Å². The molecule has 1 aliphatic carbocycles. The lowest BCUT2D eigenvalue weighted by molar-refractivity contribution is -0.124. The zero-order chi connectivity index (χ0) is 20.5. The molecule has 0 saturated heterocycles. The molecule has 0 unspecified atom stereocenters. The largest absolute Gasteiger partial charge is 0.457 e. The molecule has 2 aromatic heterocycles. The van der Waals surface area contributed by atoms with Crippen LogP contribution in [0.25, 0.3) is 10.9 Å². The maximum absolute atomic E-state index is 12.4. The number of hydrogen-bond acceptors (Lipinski definition) is 5. The van der Waals surface area contributed by atoms with E-state index in [-0.39, 0.29) is 11.7 Å². The molecule has 3 aromatic rings. The molecule has 4 rings (SSSR count). The Hall–Kier alpha value is -3.48. The smallest absolute Gasteiger partial charge is 0.231 e. The predicted molar refractivity (Wildman–Crippen MR) is 108 cm³/mol. The van der Waals surface area contributed by atoms with E-state index >= 15 is 0 Å². The maximum atomic E-state index is 12.4. The van der Waals surface area contributed by atoms with Crippen molar-refractivity contribution < 1.29 is 19.1 Å². The van der Waals surface area contributed by atoms with E-state index in [1.807, 2.05) is 18.2 Å². The topological polar surface area (TPSA) is 81.5 Å². The highest BCUT2D eigenvalue weighted by Gasteiger charge is 2.25. The summed E-state index contributed by atoms with van der Waals surface area (Å²) < 4.78 is 7.59. The van der Waals surface area contributed by atoms with Crippen molar-refractivity contribution in [3.05, 3.63) is 48.8 Å². The Morgan fingerprint density at radius 3 is 2.48 bits per heavy atom. The standard InChI is InChI=1S/C22H21N3O4/c1-14(26)25(15(2)27)21-13-19(7-9-23-21)29-18-5-6-20-17(12-18)8-10-24(20)22(28)11-16-3-4-16/h5-10,12-13,16H,3-4,11H2,1-2H3. The van der Waals surface area contributed by atoms with Gasteiger partial charge in [-0.3, -0.25) is 19.0 Å². The first-order valence-electron chi connectivity index (χ1n) is 9.52. The van der Waals surface area contributed by atoms with Gasteiger partial charge in [-0.15, -0.1) is 0 Å². The summed E-state index contributed by atoms with van der Waals surface area (Å²) in [5.41, 5.74) is 0.845. The number of carbonyl (C=O) groups excluding carboxylic acids is 3. The van der Waals surface area contributed by atoms with E-state index < -0.39 is 11.8 Å². The average molecular weight is 391 g/mol. The van der Waals surface area contributed by atoms with E-state index in [9.17, 15) is 14.4 Å². The molecule has 0 radical (unpaired) electrons. The number of benzene rings is 1. The third kappa shape index (κ3) is 4.03. The van der Waals surface area contributed by atoms with Crippen LogP contribution in [0, 0.1) is 5.92 Å². The van der Waals surface area contributed by atoms with Gasteiger partial charge in [0, 0.05) is 44.1 Å². The summed E-state index contributed by atoms with van der Waals surface area (Å²) in [7, 11) is 0. The van der Waals surface area contributed by atoms with Crippen LogP contribution in [-0.4, -0.2) is 27.3 Å². The van der Waals surface area contributed by atoms with Gasteiger partial charge in [-0.05, 0) is 49.1 Å². The van der Waals surface area contributed by atoms with Crippen LogP contribution in [-0.2, 0) is 9.59 Å². The molecule has 29 heavy (non-hydrogen) atoms. The van der Waals surface area contributed by atoms with E-state index in [0.29, 0.717) is 23.8 Å². The minimum Gasteiger partial charge on any atom is -0.457 e. The molecule has 1 saturated carbocycles. The van der Waals surface area contributed by atoms with Crippen molar-refractivity contribution in [1.29, 1.82) is 0 Å². The summed E-state index contributed by atoms with van der Waals surface area (Å²) in [6.07, 6.45) is 6.14. The van der Waals surface area contributed by atoms with Crippen molar-refractivity contribution in [3.63, 3.8) is 0 Å². The Labute approximate surface area is 167 Å². The van der Waals surface area contributed by atoms with Crippen molar-refractivity contribution >= 4 is 34.4 Å². The number of anilines is 1. The van der Waals surface area contributed by atoms with Gasteiger partial charge in [-0.1, -0.05) is 0 Å². The van der Waals surface area contributed by atoms with Crippen LogP contribution in [0.15, 0.2) is 48.8 Å². The van der Waals surface area contributed by atoms with Gasteiger partial charge in [0.05, 0.1) is 5.52 Å². The van der Waals surface area contributed by atoms with Gasteiger partial charge in [0.25, 0.3) is 0 Å². The quantitative estimate of drug-likeness (QED) is 0.652. The molecule has 0 bridgehead atoms. The summed E-state index contributed by atoms with van der Waals surface area (Å²) in [4.78, 5) is 40.9. The molecule has 0 atom stereocenters. The first-order valence-corrected chi connectivity index (χ1v) is 9.52. The molecule has 1 aliphatic rings. The second-order valence-corrected chi connectivity index (χ2v) is 7.27. The molecule has 7 heteroatoms. The molecule has 1 fully saturated rings. The van der Waals surface area contributed by atoms with E-state index in [1.54, 1.807) is 22.9 Å². The minimum atomic E-state index is -0.416. The SMILES string of the molecule is CC(=O)N(C(C)=O)c1cc(Oc2ccc3c(ccn3C(=O)CC3CC3)c2)ccn1. The monoisotopic (exact) mass is 391 g/mol. The highest BCUT2D eigenvalue weighted by Crippen LogP contribution is 2.34. The number of carbonyl (C=O) groups is 3. The third-order valence-corrected chi connectivity index (χ3v) is 4.90. The molecule has 0 aliphatic heterocycles. The number of pyridine rings is 1. The molecule has 0 N–H and O–H groups in total. The Morgan fingerprint density at radius 2 is 1.79 bits per heavy atom. The first-order chi connectivity index (χ1) is 13.9. The highest BCUT2D eigenvalue weighted by atomic mass is 16.5. The number of ether oxygens (including phenoxy) is 1. The first kappa shape index (κ1) is 18.9. The van der Waals surface area contributed by atoms with Gasteiger partial charge in [-0.2, -0.15) is 0 Å². The molecule has 1 aromatic carbocycles. The number of aromatic nitrogens is 2. The van der Waals surface area contributed by atoms with Crippen LogP contribution in [0.5, 0.6) is 11.5 Å². The van der Waals surface area contributed by atoms with Gasteiger partial charge in [0.2, 0.25) is 17.7 Å². The summed E-state index contributed by atoms with van der Waals surface area (Å²) in [6.45, 7) is 2.61. The number of imide groups is 1. The van der Waals surface area contributed by atoms with Crippen molar-refractivity contribution in [2.75, 3.05) is 4.90 Å². The normalized spacial score (nSPS) is 13.3. The molecule has 2 heterocycles. The average Bonchev–Trinajstić information content (AvgIpc) is 3.37. The summed E-state index contributed by atoms with van der Waals surface area (Å²) in [5.74, 6) is 1.06. The van der Waals surface area contributed by atoms with Gasteiger partial charge < -0.3 is 4.74 Å². The van der Waals surface area contributed by atoms with Crippen LogP contribution >= 0.6 is 0 Å². The van der Waals surface area contributed by atoms with Crippen molar-refractivity contribution in [2.24, 2.45) is 5.92 Å². The maximum Gasteiger partial charge on any atom is 0.231 e. The van der Waals surface area contributed by atoms with Crippen molar-refractivity contribution in [3.8, 4) is 11.5 Å². The van der Waals surface area contributed by atoms with Crippen LogP contribution in [0.1, 0.15) is 37.9 Å². The number of rotatable bonds is 5. The number of fused-ring (bicyclic) bond motifs is 1. The Kier molecular flexibility index (Phi) is 4.88. The van der Waals surface area contributed by atoms with Gasteiger partial charge in [0.1, 0.15) is 17.3 Å². The van der Waals surface area contributed by atoms with Crippen LogP contribution < -0.4 is 9.64 Å². The van der Waals surface area contributed by atoms with Crippen LogP contribution in [0.4, 0.5) is 5.82 Å². The Bertz CT molecular complexity index is 1100. The number of amides is 2. The van der Waals surface area contributed by atoms with Gasteiger partial charge in [-0.25, -0.2) is 9.88 Å². The van der Waals surface area contributed by atoms with Gasteiger partial charge >= 0.3 is 0 Å². The second kappa shape index (κ2) is 7.50. The lowest BCUT2D eigenvalue weighted by Crippen LogP contribution is -2.33. The van der Waals surface area contributed by atoms with Crippen LogP contribution in [0.2, 0.25) is 0 Å². The molecule has 148 valence electrons. The Balaban J connectivity index is 1.56. The zero-order valence-corrected chi connectivity index (χ0v) is 16.3. The van der Waals surface area contributed by atoms with Gasteiger partial charge in [0.15, 0.2) is 0 Å². The van der Waals surface area contributed by atoms with Crippen LogP contribution in [0.3, 0.4) is 0 Å². The van der Waals surface area contributed by atoms with E-state index in [1.165, 1.54) is 26.1 Å². The van der Waals surface area contributed by atoms with E-state index in [2.05, 4.69) is 4.98 Å². The summed E-state index contributed by atoms with van der Waals surface area (Å²) >= 11 is 0. The number of hydrogen-bond donors (Lipinski definition) is 0. The van der Waals surface area contributed by atoms with E-state index in [4.69, 9.17) is 4.74 Å². The lowest BCUT2D eigenvalue weighted by Gasteiger charge is -2.16.